The van der Waals surface area contributed by atoms with E-state index in [1.165, 1.54) is 0 Å². The van der Waals surface area contributed by atoms with Crippen molar-refractivity contribution >= 4 is 5.97 Å². The lowest BCUT2D eigenvalue weighted by molar-refractivity contribution is -0.917. The molecule has 22 heavy (non-hydrogen) atoms. The molecule has 132 valence electrons. The van der Waals surface area contributed by atoms with Gasteiger partial charge in [-0.2, -0.15) is 0 Å². The molecule has 1 heterocycles. The van der Waals surface area contributed by atoms with E-state index in [0.29, 0.717) is 13.2 Å². The fraction of sp³-hybridized carbons (Fsp3) is 0.933. The smallest absolute Gasteiger partial charge is 0.102 e. The predicted molar refractivity (Wildman–Crippen MR) is 80.4 cm³/mol. The number of carbonyl (C=O) groups excluding carboxylic acids is 1. The molecule has 1 saturated heterocycles. The Kier molecular flexibility index (Phi) is 13.4. The van der Waals surface area contributed by atoms with Gasteiger partial charge in [0.2, 0.25) is 0 Å². The fourth-order valence-corrected chi connectivity index (χ4v) is 1.84. The van der Waals surface area contributed by atoms with Gasteiger partial charge in [-0.25, -0.2) is 0 Å². The third-order valence-corrected chi connectivity index (χ3v) is 3.41. The summed E-state index contributed by atoms with van der Waals surface area (Å²) >= 11 is 0. The summed E-state index contributed by atoms with van der Waals surface area (Å²) in [5, 5.41) is 9.81. The summed E-state index contributed by atoms with van der Waals surface area (Å²) in [5.74, 6) is -1.09. The number of nitrogens with zero attached hydrogens (tertiary/aromatic N) is 1. The van der Waals surface area contributed by atoms with Crippen LogP contribution in [0.5, 0.6) is 0 Å². The number of carbonyl (C=O) groups is 1. The van der Waals surface area contributed by atoms with Crippen LogP contribution >= 0.6 is 0 Å². The summed E-state index contributed by atoms with van der Waals surface area (Å²) in [7, 11) is 3.84. The highest BCUT2D eigenvalue weighted by Gasteiger charge is 2.24. The summed E-state index contributed by atoms with van der Waals surface area (Å²) < 4.78 is 21.3. The predicted octanol–water partition coefficient (Wildman–Crippen LogP) is -0.711. The van der Waals surface area contributed by atoms with Crippen molar-refractivity contribution in [2.45, 2.75) is 13.3 Å². The summed E-state index contributed by atoms with van der Waals surface area (Å²) in [6, 6.07) is 0. The summed E-state index contributed by atoms with van der Waals surface area (Å²) in [6.45, 7) is 10.1. The van der Waals surface area contributed by atoms with E-state index >= 15 is 0 Å². The van der Waals surface area contributed by atoms with Crippen molar-refractivity contribution in [3.63, 3.8) is 0 Å². The second-order valence-corrected chi connectivity index (χ2v) is 5.33. The van der Waals surface area contributed by atoms with Crippen molar-refractivity contribution in [3.8, 4) is 0 Å². The first-order valence-corrected chi connectivity index (χ1v) is 7.79. The van der Waals surface area contributed by atoms with Crippen LogP contribution in [0.15, 0.2) is 0 Å². The van der Waals surface area contributed by atoms with Crippen molar-refractivity contribution in [1.82, 2.24) is 0 Å². The molecule has 1 aliphatic heterocycles. The molecule has 0 aromatic heterocycles. The molecule has 0 aliphatic carbocycles. The maximum atomic E-state index is 9.81. The molecule has 7 heteroatoms. The maximum absolute atomic E-state index is 9.81. The van der Waals surface area contributed by atoms with Gasteiger partial charge in [0.1, 0.15) is 19.6 Å². The van der Waals surface area contributed by atoms with Crippen molar-refractivity contribution in [1.29, 1.82) is 0 Å². The Bertz CT molecular complexity index is 269. The molecule has 0 spiro atoms. The number of hydrogen-bond donors (Lipinski definition) is 0. The van der Waals surface area contributed by atoms with Gasteiger partial charge in [-0.05, 0) is 6.92 Å². The highest BCUT2D eigenvalue weighted by molar-refractivity contribution is 5.64. The molecule has 0 N–H and O–H groups in total. The van der Waals surface area contributed by atoms with Gasteiger partial charge in [0.25, 0.3) is 0 Å². The van der Waals surface area contributed by atoms with E-state index in [2.05, 4.69) is 11.8 Å². The van der Waals surface area contributed by atoms with Crippen LogP contribution in [-0.2, 0) is 23.7 Å². The van der Waals surface area contributed by atoms with Crippen LogP contribution in [0.4, 0.5) is 0 Å². The number of morpholine rings is 1. The van der Waals surface area contributed by atoms with Crippen LogP contribution < -0.4 is 5.11 Å². The first-order chi connectivity index (χ1) is 10.5. The number of hydrogen-bond acceptors (Lipinski definition) is 6. The van der Waals surface area contributed by atoms with Gasteiger partial charge in [-0.3, -0.25) is 0 Å². The lowest BCUT2D eigenvalue weighted by Gasteiger charge is -2.37. The number of methoxy groups -OCH3 is 1. The molecule has 1 rings (SSSR count). The Balaban J connectivity index is 0.000000409. The van der Waals surface area contributed by atoms with Crippen LogP contribution in [0.2, 0.25) is 0 Å². The van der Waals surface area contributed by atoms with Crippen molar-refractivity contribution in [2.24, 2.45) is 0 Å². The van der Waals surface area contributed by atoms with Gasteiger partial charge in [-0.15, -0.1) is 0 Å². The maximum Gasteiger partial charge on any atom is 0.102 e. The summed E-state index contributed by atoms with van der Waals surface area (Å²) in [5.41, 5.74) is 0. The second-order valence-electron chi connectivity index (χ2n) is 5.33. The lowest BCUT2D eigenvalue weighted by Crippen LogP contribution is -2.53. The van der Waals surface area contributed by atoms with Crippen molar-refractivity contribution in [2.75, 3.05) is 80.0 Å². The van der Waals surface area contributed by atoms with E-state index in [4.69, 9.17) is 14.2 Å². The third kappa shape index (κ3) is 13.0. The molecule has 0 amide bonds. The molecular weight excluding hydrogens is 290 g/mol. The number of rotatable bonds is 10. The monoisotopic (exact) mass is 321 g/mol. The third-order valence-electron chi connectivity index (χ3n) is 3.41. The van der Waals surface area contributed by atoms with Gasteiger partial charge < -0.3 is 33.3 Å². The molecule has 0 saturated carbocycles. The van der Waals surface area contributed by atoms with Crippen LogP contribution in [0, 0.1) is 0 Å². The number of quaternary nitrogens is 1. The van der Waals surface area contributed by atoms with Crippen molar-refractivity contribution in [3.05, 3.63) is 0 Å². The molecule has 0 radical (unpaired) electrons. The standard InChI is InChI=1S/C9H20NO2.C6H12O4/c1-3-11-7-4-10(2)5-8-12-9-6-10;1-9-4-5-10-3-2-6(7)8/h3-9H2,1-2H3;2-5H2,1H3,(H,7,8)/q+1;/p-1. The Hall–Kier alpha value is -0.730. The van der Waals surface area contributed by atoms with Gasteiger partial charge in [-0.1, -0.05) is 0 Å². The molecule has 1 fully saturated rings. The largest absolute Gasteiger partial charge is 0.550 e. The van der Waals surface area contributed by atoms with E-state index in [1.807, 2.05) is 6.92 Å². The van der Waals surface area contributed by atoms with E-state index in [0.717, 1.165) is 50.5 Å². The first-order valence-electron chi connectivity index (χ1n) is 7.79. The zero-order valence-electron chi connectivity index (χ0n) is 14.2. The zero-order valence-corrected chi connectivity index (χ0v) is 14.2. The minimum absolute atomic E-state index is 0.0519. The molecule has 0 aromatic rings. The summed E-state index contributed by atoms with van der Waals surface area (Å²) in [6.07, 6.45) is -0.0519. The second kappa shape index (κ2) is 13.9. The number of carboxylic acids is 1. The van der Waals surface area contributed by atoms with E-state index in [9.17, 15) is 9.90 Å². The minimum atomic E-state index is -1.09. The van der Waals surface area contributed by atoms with Gasteiger partial charge in [0.15, 0.2) is 0 Å². The highest BCUT2D eigenvalue weighted by atomic mass is 16.5. The number of likely N-dealkylation sites (N-methyl/N-ethyl adjacent to an activating group) is 1. The van der Waals surface area contributed by atoms with Crippen LogP contribution in [0.1, 0.15) is 13.3 Å². The van der Waals surface area contributed by atoms with Crippen LogP contribution in [0.25, 0.3) is 0 Å². The fourth-order valence-electron chi connectivity index (χ4n) is 1.84. The van der Waals surface area contributed by atoms with Crippen molar-refractivity contribution < 1.29 is 33.3 Å². The van der Waals surface area contributed by atoms with Crippen LogP contribution in [0.3, 0.4) is 0 Å². The lowest BCUT2D eigenvalue weighted by atomic mass is 10.3. The molecular formula is C15H31NO6. The molecule has 0 unspecified atom stereocenters. The minimum Gasteiger partial charge on any atom is -0.550 e. The zero-order chi connectivity index (χ0) is 16.7. The Morgan fingerprint density at radius 1 is 1.14 bits per heavy atom. The molecule has 0 bridgehead atoms. The number of ether oxygens (including phenoxy) is 4. The molecule has 1 aliphatic rings. The molecule has 7 nitrogen and oxygen atoms in total. The van der Waals surface area contributed by atoms with E-state index in [1.54, 1.807) is 7.11 Å². The quantitative estimate of drug-likeness (QED) is 0.391. The molecule has 0 aromatic carbocycles. The van der Waals surface area contributed by atoms with Crippen LogP contribution in [-0.4, -0.2) is 90.5 Å². The molecule has 0 atom stereocenters. The summed E-state index contributed by atoms with van der Waals surface area (Å²) in [4.78, 5) is 9.81. The Morgan fingerprint density at radius 3 is 2.36 bits per heavy atom. The SMILES string of the molecule is CCOCC[N+]1(C)CCOCC1.COCCOCCC(=O)[O-]. The first kappa shape index (κ1) is 21.3. The highest BCUT2D eigenvalue weighted by Crippen LogP contribution is 2.06. The average Bonchev–Trinajstić information content (AvgIpc) is 2.48. The normalized spacial score (nSPS) is 16.7. The average molecular weight is 321 g/mol. The number of carboxylic acid groups (broad SMARTS) is 1. The number of aliphatic carboxylic acids is 1. The van der Waals surface area contributed by atoms with E-state index < -0.39 is 5.97 Å². The van der Waals surface area contributed by atoms with Gasteiger partial charge in [0.05, 0.1) is 46.7 Å². The topological polar surface area (TPSA) is 77.0 Å². The Morgan fingerprint density at radius 2 is 1.82 bits per heavy atom. The van der Waals surface area contributed by atoms with Gasteiger partial charge in [0, 0.05) is 26.1 Å². The van der Waals surface area contributed by atoms with E-state index in [-0.39, 0.29) is 13.0 Å². The Labute approximate surface area is 133 Å². The van der Waals surface area contributed by atoms with Gasteiger partial charge >= 0.3 is 0 Å².